The summed E-state index contributed by atoms with van der Waals surface area (Å²) in [5, 5.41) is 11.4. The van der Waals surface area contributed by atoms with Gasteiger partial charge in [-0.2, -0.15) is 0 Å². The second-order valence-corrected chi connectivity index (χ2v) is 5.47. The monoisotopic (exact) mass is 297 g/mol. The van der Waals surface area contributed by atoms with Gasteiger partial charge < -0.3 is 19.6 Å². The van der Waals surface area contributed by atoms with E-state index in [1.165, 1.54) is 18.4 Å². The second kappa shape index (κ2) is 6.92. The van der Waals surface area contributed by atoms with Crippen LogP contribution in [0.5, 0.6) is 0 Å². The van der Waals surface area contributed by atoms with Crippen LogP contribution in [-0.4, -0.2) is 34.6 Å². The Morgan fingerprint density at radius 3 is 2.52 bits per heavy atom. The predicted molar refractivity (Wildman–Crippen MR) is 72.7 cm³/mol. The highest BCUT2D eigenvalue weighted by Crippen LogP contribution is 2.10. The molecule has 2 N–H and O–H groups in total. The van der Waals surface area contributed by atoms with Crippen LogP contribution in [0.2, 0.25) is 0 Å². The SMILES string of the molecule is CC(C)(C)OC(=O)CC[C@@H](NC(=O)c1ccco1)C(=O)O. The first-order chi connectivity index (χ1) is 9.69. The van der Waals surface area contributed by atoms with E-state index in [9.17, 15) is 14.4 Å². The van der Waals surface area contributed by atoms with Crippen LogP contribution in [0.4, 0.5) is 0 Å². The van der Waals surface area contributed by atoms with Crippen molar-refractivity contribution in [3.63, 3.8) is 0 Å². The van der Waals surface area contributed by atoms with Gasteiger partial charge in [-0.3, -0.25) is 9.59 Å². The molecular weight excluding hydrogens is 278 g/mol. The van der Waals surface area contributed by atoms with Gasteiger partial charge in [0.05, 0.1) is 6.26 Å². The molecule has 0 aliphatic rings. The van der Waals surface area contributed by atoms with E-state index in [2.05, 4.69) is 5.32 Å². The van der Waals surface area contributed by atoms with Crippen LogP contribution in [0.1, 0.15) is 44.2 Å². The van der Waals surface area contributed by atoms with Gasteiger partial charge in [0, 0.05) is 6.42 Å². The summed E-state index contributed by atoms with van der Waals surface area (Å²) < 4.78 is 9.95. The number of carbonyl (C=O) groups excluding carboxylic acids is 2. The summed E-state index contributed by atoms with van der Waals surface area (Å²) in [6.45, 7) is 5.16. The number of esters is 1. The Morgan fingerprint density at radius 1 is 1.38 bits per heavy atom. The first-order valence-electron chi connectivity index (χ1n) is 6.48. The first-order valence-corrected chi connectivity index (χ1v) is 6.48. The van der Waals surface area contributed by atoms with Gasteiger partial charge in [-0.25, -0.2) is 4.79 Å². The maximum Gasteiger partial charge on any atom is 0.326 e. The van der Waals surface area contributed by atoms with Crippen molar-refractivity contribution < 1.29 is 28.6 Å². The number of hydrogen-bond donors (Lipinski definition) is 2. The molecule has 0 bridgehead atoms. The van der Waals surface area contributed by atoms with Crippen molar-refractivity contribution in [1.82, 2.24) is 5.32 Å². The maximum atomic E-state index is 11.7. The number of nitrogens with one attached hydrogen (secondary N) is 1. The zero-order valence-corrected chi connectivity index (χ0v) is 12.2. The van der Waals surface area contributed by atoms with Crippen LogP contribution in [0.3, 0.4) is 0 Å². The Morgan fingerprint density at radius 2 is 2.05 bits per heavy atom. The molecule has 1 amide bonds. The third-order valence-electron chi connectivity index (χ3n) is 2.41. The molecule has 7 nitrogen and oxygen atoms in total. The van der Waals surface area contributed by atoms with E-state index in [0.717, 1.165) is 0 Å². The summed E-state index contributed by atoms with van der Waals surface area (Å²) in [7, 11) is 0. The lowest BCUT2D eigenvalue weighted by molar-refractivity contribution is -0.155. The Kier molecular flexibility index (Phi) is 5.52. The van der Waals surface area contributed by atoms with E-state index >= 15 is 0 Å². The van der Waals surface area contributed by atoms with E-state index in [-0.39, 0.29) is 18.6 Å². The van der Waals surface area contributed by atoms with Crippen molar-refractivity contribution in [3.05, 3.63) is 24.2 Å². The molecule has 0 unspecified atom stereocenters. The van der Waals surface area contributed by atoms with Gasteiger partial charge in [0.25, 0.3) is 5.91 Å². The van der Waals surface area contributed by atoms with Gasteiger partial charge in [0.15, 0.2) is 5.76 Å². The molecule has 1 atom stereocenters. The molecule has 0 saturated carbocycles. The van der Waals surface area contributed by atoms with Crippen molar-refractivity contribution in [2.24, 2.45) is 0 Å². The molecule has 0 saturated heterocycles. The molecule has 0 aromatic carbocycles. The lowest BCUT2D eigenvalue weighted by Gasteiger charge is -2.20. The van der Waals surface area contributed by atoms with Gasteiger partial charge in [-0.05, 0) is 39.3 Å². The number of carboxylic acid groups (broad SMARTS) is 1. The van der Waals surface area contributed by atoms with E-state index in [1.807, 2.05) is 0 Å². The van der Waals surface area contributed by atoms with E-state index < -0.39 is 29.5 Å². The van der Waals surface area contributed by atoms with E-state index in [1.54, 1.807) is 20.8 Å². The lowest BCUT2D eigenvalue weighted by atomic mass is 10.1. The molecule has 21 heavy (non-hydrogen) atoms. The summed E-state index contributed by atoms with van der Waals surface area (Å²) in [4.78, 5) is 34.4. The zero-order valence-electron chi connectivity index (χ0n) is 12.2. The van der Waals surface area contributed by atoms with E-state index in [0.29, 0.717) is 0 Å². The topological polar surface area (TPSA) is 106 Å². The van der Waals surface area contributed by atoms with E-state index in [4.69, 9.17) is 14.3 Å². The quantitative estimate of drug-likeness (QED) is 0.772. The smallest absolute Gasteiger partial charge is 0.326 e. The highest BCUT2D eigenvalue weighted by Gasteiger charge is 2.24. The highest BCUT2D eigenvalue weighted by molar-refractivity contribution is 5.94. The average molecular weight is 297 g/mol. The Bertz CT molecular complexity index is 500. The van der Waals surface area contributed by atoms with Crippen LogP contribution in [0, 0.1) is 0 Å². The summed E-state index contributed by atoms with van der Waals surface area (Å²) in [5.41, 5.74) is -0.632. The summed E-state index contributed by atoms with van der Waals surface area (Å²) in [5.74, 6) is -2.37. The number of hydrogen-bond acceptors (Lipinski definition) is 5. The fraction of sp³-hybridized carbons (Fsp3) is 0.500. The van der Waals surface area contributed by atoms with Crippen LogP contribution >= 0.6 is 0 Å². The van der Waals surface area contributed by atoms with Gasteiger partial charge >= 0.3 is 11.9 Å². The minimum atomic E-state index is -1.22. The standard InChI is InChI=1S/C14H19NO6/c1-14(2,3)21-11(16)7-6-9(13(18)19)15-12(17)10-5-4-8-20-10/h4-5,8-9H,6-7H2,1-3H3,(H,15,17)(H,18,19)/t9-/m1/s1. The third-order valence-corrected chi connectivity index (χ3v) is 2.41. The summed E-state index contributed by atoms with van der Waals surface area (Å²) >= 11 is 0. The fourth-order valence-corrected chi connectivity index (χ4v) is 1.55. The van der Waals surface area contributed by atoms with Gasteiger partial charge in [-0.15, -0.1) is 0 Å². The number of carboxylic acids is 1. The number of aliphatic carboxylic acids is 1. The lowest BCUT2D eigenvalue weighted by Crippen LogP contribution is -2.41. The van der Waals surface area contributed by atoms with Gasteiger partial charge in [0.1, 0.15) is 11.6 Å². The van der Waals surface area contributed by atoms with Crippen molar-refractivity contribution in [3.8, 4) is 0 Å². The highest BCUT2D eigenvalue weighted by atomic mass is 16.6. The minimum Gasteiger partial charge on any atom is -0.480 e. The molecule has 7 heteroatoms. The average Bonchev–Trinajstić information content (AvgIpc) is 2.85. The van der Waals surface area contributed by atoms with Crippen LogP contribution < -0.4 is 5.32 Å². The number of rotatable bonds is 6. The van der Waals surface area contributed by atoms with Gasteiger partial charge in [-0.1, -0.05) is 0 Å². The Balaban J connectivity index is 2.53. The molecule has 0 aliphatic carbocycles. The van der Waals surface area contributed by atoms with Crippen molar-refractivity contribution >= 4 is 17.8 Å². The molecule has 0 spiro atoms. The van der Waals surface area contributed by atoms with Gasteiger partial charge in [0.2, 0.25) is 0 Å². The zero-order chi connectivity index (χ0) is 16.0. The second-order valence-electron chi connectivity index (χ2n) is 5.47. The molecule has 0 radical (unpaired) electrons. The van der Waals surface area contributed by atoms with Crippen molar-refractivity contribution in [1.29, 1.82) is 0 Å². The summed E-state index contributed by atoms with van der Waals surface area (Å²) in [6, 6.07) is 1.75. The van der Waals surface area contributed by atoms with Crippen molar-refractivity contribution in [2.45, 2.75) is 45.3 Å². The minimum absolute atomic E-state index is 0.0125. The molecule has 0 fully saturated rings. The molecule has 1 aromatic rings. The largest absolute Gasteiger partial charge is 0.480 e. The third kappa shape index (κ3) is 6.11. The Labute approximate surface area is 122 Å². The van der Waals surface area contributed by atoms with Crippen LogP contribution in [-0.2, 0) is 14.3 Å². The molecular formula is C14H19NO6. The van der Waals surface area contributed by atoms with Crippen LogP contribution in [0.15, 0.2) is 22.8 Å². The Hall–Kier alpha value is -2.31. The maximum absolute atomic E-state index is 11.7. The molecule has 1 heterocycles. The number of amides is 1. The number of carbonyl (C=O) groups is 3. The summed E-state index contributed by atoms with van der Waals surface area (Å²) in [6.07, 6.45) is 1.15. The molecule has 116 valence electrons. The first kappa shape index (κ1) is 16.7. The fourth-order valence-electron chi connectivity index (χ4n) is 1.55. The molecule has 0 aliphatic heterocycles. The predicted octanol–water partition coefficient (Wildman–Crippen LogP) is 1.58. The number of furan rings is 1. The normalized spacial score (nSPS) is 12.5. The van der Waals surface area contributed by atoms with Crippen LogP contribution in [0.25, 0.3) is 0 Å². The molecule has 1 aromatic heterocycles. The van der Waals surface area contributed by atoms with Crippen molar-refractivity contribution in [2.75, 3.05) is 0 Å². The number of ether oxygens (including phenoxy) is 1. The molecule has 1 rings (SSSR count).